The standard InChI is InChI=1S/C11H10BrN5S/c1-6-15-8(5-18-6)4-17-10-9(16-11(17)13)2-7(12)3-14-10/h2-3,5H,4H2,1H3,(H2,13,16). The molecule has 18 heavy (non-hydrogen) atoms. The minimum atomic E-state index is 0.459. The molecule has 5 nitrogen and oxygen atoms in total. The van der Waals surface area contributed by atoms with Crippen molar-refractivity contribution in [1.29, 1.82) is 0 Å². The first-order valence-electron chi connectivity index (χ1n) is 5.32. The number of rotatable bonds is 2. The second kappa shape index (κ2) is 4.33. The van der Waals surface area contributed by atoms with E-state index in [1.165, 1.54) is 0 Å². The second-order valence-corrected chi connectivity index (χ2v) is 5.89. The molecule has 0 saturated heterocycles. The van der Waals surface area contributed by atoms with Gasteiger partial charge in [0.25, 0.3) is 0 Å². The zero-order valence-corrected chi connectivity index (χ0v) is 12.0. The number of aryl methyl sites for hydroxylation is 1. The van der Waals surface area contributed by atoms with Crippen molar-refractivity contribution in [2.75, 3.05) is 5.73 Å². The first kappa shape index (κ1) is 11.6. The minimum absolute atomic E-state index is 0.459. The first-order valence-corrected chi connectivity index (χ1v) is 6.99. The molecule has 3 aromatic heterocycles. The normalized spacial score (nSPS) is 11.2. The molecule has 92 valence electrons. The topological polar surface area (TPSA) is 69.6 Å². The van der Waals surface area contributed by atoms with Gasteiger partial charge in [-0.25, -0.2) is 15.0 Å². The van der Waals surface area contributed by atoms with E-state index in [4.69, 9.17) is 5.73 Å². The van der Waals surface area contributed by atoms with Crippen LogP contribution in [0, 0.1) is 6.92 Å². The van der Waals surface area contributed by atoms with Crippen molar-refractivity contribution in [2.24, 2.45) is 0 Å². The Morgan fingerprint density at radius 3 is 3.00 bits per heavy atom. The number of halogens is 1. The van der Waals surface area contributed by atoms with E-state index in [1.807, 2.05) is 22.9 Å². The number of nitrogens with zero attached hydrogens (tertiary/aromatic N) is 4. The summed E-state index contributed by atoms with van der Waals surface area (Å²) in [6, 6.07) is 1.90. The summed E-state index contributed by atoms with van der Waals surface area (Å²) in [4.78, 5) is 13.1. The van der Waals surface area contributed by atoms with Gasteiger partial charge in [-0.3, -0.25) is 4.57 Å². The summed E-state index contributed by atoms with van der Waals surface area (Å²) in [6.45, 7) is 2.58. The maximum atomic E-state index is 5.93. The summed E-state index contributed by atoms with van der Waals surface area (Å²) in [5.74, 6) is 0.459. The van der Waals surface area contributed by atoms with Gasteiger partial charge in [0.05, 0.1) is 17.2 Å². The zero-order chi connectivity index (χ0) is 12.7. The fourth-order valence-corrected chi connectivity index (χ4v) is 2.73. The van der Waals surface area contributed by atoms with Crippen LogP contribution in [0.3, 0.4) is 0 Å². The van der Waals surface area contributed by atoms with E-state index in [-0.39, 0.29) is 0 Å². The lowest BCUT2D eigenvalue weighted by atomic mass is 10.4. The molecule has 3 heterocycles. The van der Waals surface area contributed by atoms with Crippen molar-refractivity contribution in [3.05, 3.63) is 32.8 Å². The molecule has 0 aliphatic rings. The fraction of sp³-hybridized carbons (Fsp3) is 0.182. The van der Waals surface area contributed by atoms with E-state index in [9.17, 15) is 0 Å². The van der Waals surface area contributed by atoms with Crippen LogP contribution in [0.15, 0.2) is 22.1 Å². The van der Waals surface area contributed by atoms with Crippen molar-refractivity contribution in [2.45, 2.75) is 13.5 Å². The molecule has 0 aliphatic heterocycles. The van der Waals surface area contributed by atoms with Gasteiger partial charge >= 0.3 is 0 Å². The van der Waals surface area contributed by atoms with Crippen LogP contribution in [0.2, 0.25) is 0 Å². The quantitative estimate of drug-likeness (QED) is 0.787. The number of thiazole rings is 1. The molecule has 0 radical (unpaired) electrons. The maximum Gasteiger partial charge on any atom is 0.202 e. The van der Waals surface area contributed by atoms with Crippen molar-refractivity contribution < 1.29 is 0 Å². The first-order chi connectivity index (χ1) is 8.63. The van der Waals surface area contributed by atoms with Gasteiger partial charge in [0.1, 0.15) is 5.52 Å². The summed E-state index contributed by atoms with van der Waals surface area (Å²) in [5, 5.41) is 3.07. The molecule has 0 bridgehead atoms. The predicted octanol–water partition coefficient (Wildman–Crippen LogP) is 2.59. The third kappa shape index (κ3) is 1.99. The number of pyridine rings is 1. The lowest BCUT2D eigenvalue weighted by Gasteiger charge is -2.02. The van der Waals surface area contributed by atoms with Crippen LogP contribution in [0.25, 0.3) is 11.2 Å². The van der Waals surface area contributed by atoms with Gasteiger partial charge in [-0.05, 0) is 28.9 Å². The Hall–Kier alpha value is -1.47. The zero-order valence-electron chi connectivity index (χ0n) is 9.59. The van der Waals surface area contributed by atoms with E-state index in [2.05, 4.69) is 30.9 Å². The summed E-state index contributed by atoms with van der Waals surface area (Å²) in [5.41, 5.74) is 8.48. The fourth-order valence-electron chi connectivity index (χ4n) is 1.80. The predicted molar refractivity (Wildman–Crippen MR) is 75.6 cm³/mol. The van der Waals surface area contributed by atoms with Crippen molar-refractivity contribution in [1.82, 2.24) is 19.5 Å². The Balaban J connectivity index is 2.08. The Labute approximate surface area is 116 Å². The molecular formula is C11H10BrN5S. The van der Waals surface area contributed by atoms with Gasteiger partial charge in [-0.1, -0.05) is 0 Å². The van der Waals surface area contributed by atoms with Crippen molar-refractivity contribution >= 4 is 44.4 Å². The molecule has 0 aromatic carbocycles. The monoisotopic (exact) mass is 323 g/mol. The summed E-state index contributed by atoms with van der Waals surface area (Å²) >= 11 is 5.00. The molecule has 0 spiro atoms. The van der Waals surface area contributed by atoms with Gasteiger partial charge in [-0.2, -0.15) is 0 Å². The Kier molecular flexibility index (Phi) is 2.79. The molecule has 0 aliphatic carbocycles. The lowest BCUT2D eigenvalue weighted by Crippen LogP contribution is -2.05. The van der Waals surface area contributed by atoms with Gasteiger partial charge < -0.3 is 5.73 Å². The largest absolute Gasteiger partial charge is 0.369 e. The van der Waals surface area contributed by atoms with Crippen LogP contribution >= 0.6 is 27.3 Å². The Bertz CT molecular complexity index is 717. The SMILES string of the molecule is Cc1nc(Cn2c(N)nc3cc(Br)cnc32)cs1. The maximum absolute atomic E-state index is 5.93. The van der Waals surface area contributed by atoms with E-state index in [1.54, 1.807) is 17.5 Å². The highest BCUT2D eigenvalue weighted by molar-refractivity contribution is 9.10. The molecule has 0 amide bonds. The average molecular weight is 324 g/mol. The number of imidazole rings is 1. The van der Waals surface area contributed by atoms with E-state index in [0.29, 0.717) is 12.5 Å². The van der Waals surface area contributed by atoms with Crippen LogP contribution in [0.4, 0.5) is 5.95 Å². The number of anilines is 1. The summed E-state index contributed by atoms with van der Waals surface area (Å²) < 4.78 is 2.76. The lowest BCUT2D eigenvalue weighted by molar-refractivity contribution is 0.804. The molecule has 3 aromatic rings. The number of hydrogen-bond donors (Lipinski definition) is 1. The highest BCUT2D eigenvalue weighted by Gasteiger charge is 2.11. The van der Waals surface area contributed by atoms with Crippen LogP contribution in [0.1, 0.15) is 10.7 Å². The summed E-state index contributed by atoms with van der Waals surface area (Å²) in [7, 11) is 0. The molecular weight excluding hydrogens is 314 g/mol. The van der Waals surface area contributed by atoms with Gasteiger partial charge in [-0.15, -0.1) is 11.3 Å². The third-order valence-electron chi connectivity index (χ3n) is 2.57. The molecule has 2 N–H and O–H groups in total. The summed E-state index contributed by atoms with van der Waals surface area (Å²) in [6.07, 6.45) is 1.74. The highest BCUT2D eigenvalue weighted by Crippen LogP contribution is 2.21. The number of hydrogen-bond acceptors (Lipinski definition) is 5. The van der Waals surface area contributed by atoms with Crippen LogP contribution in [-0.2, 0) is 6.54 Å². The van der Waals surface area contributed by atoms with Gasteiger partial charge in [0.15, 0.2) is 5.65 Å². The minimum Gasteiger partial charge on any atom is -0.369 e. The van der Waals surface area contributed by atoms with E-state index in [0.717, 1.165) is 26.3 Å². The molecule has 0 atom stereocenters. The third-order valence-corrected chi connectivity index (χ3v) is 3.82. The number of aromatic nitrogens is 4. The molecule has 0 fully saturated rings. The average Bonchev–Trinajstić information content (AvgIpc) is 2.84. The van der Waals surface area contributed by atoms with Crippen LogP contribution < -0.4 is 5.73 Å². The van der Waals surface area contributed by atoms with Gasteiger partial charge in [0.2, 0.25) is 5.95 Å². The Morgan fingerprint density at radius 2 is 2.28 bits per heavy atom. The number of nitrogen functional groups attached to an aromatic ring is 1. The van der Waals surface area contributed by atoms with E-state index >= 15 is 0 Å². The Morgan fingerprint density at radius 1 is 1.44 bits per heavy atom. The number of nitrogens with two attached hydrogens (primary N) is 1. The molecule has 3 rings (SSSR count). The smallest absolute Gasteiger partial charge is 0.202 e. The van der Waals surface area contributed by atoms with Crippen LogP contribution in [0.5, 0.6) is 0 Å². The van der Waals surface area contributed by atoms with Crippen molar-refractivity contribution in [3.8, 4) is 0 Å². The van der Waals surface area contributed by atoms with Gasteiger partial charge in [0, 0.05) is 16.0 Å². The van der Waals surface area contributed by atoms with Crippen LogP contribution in [-0.4, -0.2) is 19.5 Å². The number of fused-ring (bicyclic) bond motifs is 1. The highest BCUT2D eigenvalue weighted by atomic mass is 79.9. The van der Waals surface area contributed by atoms with E-state index < -0.39 is 0 Å². The molecule has 0 unspecified atom stereocenters. The van der Waals surface area contributed by atoms with Crippen molar-refractivity contribution in [3.63, 3.8) is 0 Å². The second-order valence-electron chi connectivity index (χ2n) is 3.91. The molecule has 7 heteroatoms. The molecule has 0 saturated carbocycles.